The van der Waals surface area contributed by atoms with E-state index in [1.54, 1.807) is 18.2 Å². The second kappa shape index (κ2) is 5.84. The summed E-state index contributed by atoms with van der Waals surface area (Å²) >= 11 is 9.12. The third-order valence-electron chi connectivity index (χ3n) is 2.46. The van der Waals surface area contributed by atoms with Crippen LogP contribution >= 0.6 is 27.5 Å². The summed E-state index contributed by atoms with van der Waals surface area (Å²) in [5, 5.41) is 3.38. The standard InChI is InChI=1S/C13H8BrClF3N/c14-9-3-7(1-2-10(9)15)6-19-8-4-11(16)13(18)12(17)5-8/h1-5,19H,6H2. The molecule has 2 aromatic rings. The Hall–Kier alpha value is -1.20. The molecule has 0 atom stereocenters. The van der Waals surface area contributed by atoms with Crippen molar-refractivity contribution in [3.05, 3.63) is 62.8 Å². The van der Waals surface area contributed by atoms with Gasteiger partial charge in [-0.05, 0) is 33.6 Å². The van der Waals surface area contributed by atoms with Crippen LogP contribution in [0.5, 0.6) is 0 Å². The third-order valence-corrected chi connectivity index (χ3v) is 3.68. The molecule has 0 spiro atoms. The van der Waals surface area contributed by atoms with E-state index < -0.39 is 17.5 Å². The smallest absolute Gasteiger partial charge is 0.194 e. The molecule has 0 aliphatic heterocycles. The zero-order chi connectivity index (χ0) is 14.0. The molecule has 0 heterocycles. The number of rotatable bonds is 3. The molecule has 0 bridgehead atoms. The molecule has 2 rings (SSSR count). The predicted molar refractivity (Wildman–Crippen MR) is 72.8 cm³/mol. The molecule has 0 fully saturated rings. The number of nitrogens with one attached hydrogen (secondary N) is 1. The van der Waals surface area contributed by atoms with Crippen molar-refractivity contribution in [2.45, 2.75) is 6.54 Å². The van der Waals surface area contributed by atoms with E-state index >= 15 is 0 Å². The lowest BCUT2D eigenvalue weighted by molar-refractivity contribution is 0.447. The second-order valence-corrected chi connectivity index (χ2v) is 5.12. The molecule has 2 aromatic carbocycles. The molecule has 0 radical (unpaired) electrons. The minimum Gasteiger partial charge on any atom is -0.381 e. The first-order chi connectivity index (χ1) is 8.97. The first-order valence-electron chi connectivity index (χ1n) is 5.29. The lowest BCUT2D eigenvalue weighted by Crippen LogP contribution is -2.02. The summed E-state index contributed by atoms with van der Waals surface area (Å²) in [7, 11) is 0. The molecule has 1 nitrogen and oxygen atoms in total. The summed E-state index contributed by atoms with van der Waals surface area (Å²) in [6.07, 6.45) is 0. The van der Waals surface area contributed by atoms with Gasteiger partial charge in [0, 0.05) is 28.8 Å². The van der Waals surface area contributed by atoms with Gasteiger partial charge in [-0.15, -0.1) is 0 Å². The van der Waals surface area contributed by atoms with Crippen molar-refractivity contribution in [3.63, 3.8) is 0 Å². The second-order valence-electron chi connectivity index (χ2n) is 3.86. The van der Waals surface area contributed by atoms with Gasteiger partial charge in [-0.2, -0.15) is 0 Å². The SMILES string of the molecule is Fc1cc(NCc2ccc(Cl)c(Br)c2)cc(F)c1F. The summed E-state index contributed by atoms with van der Waals surface area (Å²) in [6.45, 7) is 0.334. The van der Waals surface area contributed by atoms with Gasteiger partial charge in [0.05, 0.1) is 5.02 Å². The van der Waals surface area contributed by atoms with Gasteiger partial charge in [0.25, 0.3) is 0 Å². The number of hydrogen-bond acceptors (Lipinski definition) is 1. The maximum absolute atomic E-state index is 13.0. The van der Waals surface area contributed by atoms with Crippen LogP contribution in [0, 0.1) is 17.5 Å². The van der Waals surface area contributed by atoms with E-state index in [9.17, 15) is 13.2 Å². The molecule has 0 aromatic heterocycles. The Balaban J connectivity index is 2.12. The number of benzene rings is 2. The van der Waals surface area contributed by atoms with Crippen LogP contribution < -0.4 is 5.32 Å². The van der Waals surface area contributed by atoms with Crippen LogP contribution in [0.3, 0.4) is 0 Å². The van der Waals surface area contributed by atoms with Crippen LogP contribution in [0.4, 0.5) is 18.9 Å². The van der Waals surface area contributed by atoms with Crippen LogP contribution in [0.1, 0.15) is 5.56 Å². The first-order valence-corrected chi connectivity index (χ1v) is 6.47. The summed E-state index contributed by atoms with van der Waals surface area (Å²) in [6, 6.07) is 7.07. The molecule has 1 N–H and O–H groups in total. The van der Waals surface area contributed by atoms with E-state index in [-0.39, 0.29) is 5.69 Å². The Morgan fingerprint density at radius 2 is 1.68 bits per heavy atom. The Labute approximate surface area is 121 Å². The van der Waals surface area contributed by atoms with Crippen molar-refractivity contribution in [1.82, 2.24) is 0 Å². The van der Waals surface area contributed by atoms with Gasteiger partial charge in [-0.25, -0.2) is 13.2 Å². The predicted octanol–water partition coefficient (Wildman–Crippen LogP) is 5.13. The maximum atomic E-state index is 13.0. The van der Waals surface area contributed by atoms with Crippen molar-refractivity contribution < 1.29 is 13.2 Å². The zero-order valence-corrected chi connectivity index (χ0v) is 11.8. The van der Waals surface area contributed by atoms with Gasteiger partial charge in [0.15, 0.2) is 17.5 Å². The Morgan fingerprint density at radius 3 is 2.26 bits per heavy atom. The molecule has 0 amide bonds. The topological polar surface area (TPSA) is 12.0 Å². The van der Waals surface area contributed by atoms with Crippen LogP contribution in [-0.4, -0.2) is 0 Å². The van der Waals surface area contributed by atoms with Crippen molar-refractivity contribution in [1.29, 1.82) is 0 Å². The summed E-state index contributed by atoms with van der Waals surface area (Å²) < 4.78 is 39.5. The van der Waals surface area contributed by atoms with E-state index in [1.165, 1.54) is 0 Å². The molecule has 0 aliphatic carbocycles. The average Bonchev–Trinajstić information content (AvgIpc) is 2.37. The van der Waals surface area contributed by atoms with Crippen molar-refractivity contribution >= 4 is 33.2 Å². The fraction of sp³-hybridized carbons (Fsp3) is 0.0769. The van der Waals surface area contributed by atoms with Gasteiger partial charge in [-0.1, -0.05) is 17.7 Å². The summed E-state index contributed by atoms with van der Waals surface area (Å²) in [5.41, 5.74) is 1.03. The molecular formula is C13H8BrClF3N. The summed E-state index contributed by atoms with van der Waals surface area (Å²) in [4.78, 5) is 0. The number of hydrogen-bond donors (Lipinski definition) is 1. The molecule has 0 saturated heterocycles. The Kier molecular flexibility index (Phi) is 4.37. The van der Waals surface area contributed by atoms with Gasteiger partial charge >= 0.3 is 0 Å². The maximum Gasteiger partial charge on any atom is 0.194 e. The van der Waals surface area contributed by atoms with Gasteiger partial charge in [0.2, 0.25) is 0 Å². The Morgan fingerprint density at radius 1 is 1.05 bits per heavy atom. The minimum atomic E-state index is -1.47. The van der Waals surface area contributed by atoms with Crippen LogP contribution in [0.2, 0.25) is 5.02 Å². The van der Waals surface area contributed by atoms with E-state index in [4.69, 9.17) is 11.6 Å². The largest absolute Gasteiger partial charge is 0.381 e. The lowest BCUT2D eigenvalue weighted by Gasteiger charge is -2.08. The summed E-state index contributed by atoms with van der Waals surface area (Å²) in [5.74, 6) is -3.92. The lowest BCUT2D eigenvalue weighted by atomic mass is 10.2. The molecule has 0 saturated carbocycles. The zero-order valence-electron chi connectivity index (χ0n) is 9.48. The minimum absolute atomic E-state index is 0.169. The van der Waals surface area contributed by atoms with Crippen LogP contribution in [-0.2, 0) is 6.54 Å². The normalized spacial score (nSPS) is 10.6. The highest BCUT2D eigenvalue weighted by Gasteiger charge is 2.10. The average molecular weight is 351 g/mol. The molecule has 100 valence electrons. The van der Waals surface area contributed by atoms with Crippen molar-refractivity contribution in [2.24, 2.45) is 0 Å². The van der Waals surface area contributed by atoms with Gasteiger partial charge in [0.1, 0.15) is 0 Å². The highest BCUT2D eigenvalue weighted by Crippen LogP contribution is 2.24. The van der Waals surface area contributed by atoms with Crippen LogP contribution in [0.25, 0.3) is 0 Å². The third kappa shape index (κ3) is 3.42. The van der Waals surface area contributed by atoms with Crippen molar-refractivity contribution in [3.8, 4) is 0 Å². The number of anilines is 1. The highest BCUT2D eigenvalue weighted by molar-refractivity contribution is 9.10. The van der Waals surface area contributed by atoms with E-state index in [2.05, 4.69) is 21.2 Å². The quantitative estimate of drug-likeness (QED) is 0.757. The van der Waals surface area contributed by atoms with E-state index in [1.807, 2.05) is 0 Å². The van der Waals surface area contributed by atoms with E-state index in [0.29, 0.717) is 11.6 Å². The van der Waals surface area contributed by atoms with Gasteiger partial charge < -0.3 is 5.32 Å². The fourth-order valence-corrected chi connectivity index (χ4v) is 2.06. The van der Waals surface area contributed by atoms with E-state index in [0.717, 1.165) is 22.2 Å². The molecule has 19 heavy (non-hydrogen) atoms. The highest BCUT2D eigenvalue weighted by atomic mass is 79.9. The fourth-order valence-electron chi connectivity index (χ4n) is 1.51. The van der Waals surface area contributed by atoms with Crippen LogP contribution in [0.15, 0.2) is 34.8 Å². The molecule has 0 aliphatic rings. The monoisotopic (exact) mass is 349 g/mol. The first kappa shape index (κ1) is 14.2. The Bertz CT molecular complexity index is 596. The molecular weight excluding hydrogens is 343 g/mol. The van der Waals surface area contributed by atoms with Crippen molar-refractivity contribution in [2.75, 3.05) is 5.32 Å². The molecule has 6 heteroatoms. The number of halogens is 5. The molecule has 0 unspecified atom stereocenters. The van der Waals surface area contributed by atoms with Gasteiger partial charge in [-0.3, -0.25) is 0 Å².